The first-order valence-corrected chi connectivity index (χ1v) is 6.74. The molecule has 3 atom stereocenters. The summed E-state index contributed by atoms with van der Waals surface area (Å²) >= 11 is 0. The third-order valence-electron chi connectivity index (χ3n) is 4.21. The number of aryl methyl sites for hydroxylation is 1. The Morgan fingerprint density at radius 2 is 2.00 bits per heavy atom. The molecule has 0 radical (unpaired) electrons. The van der Waals surface area contributed by atoms with Crippen molar-refractivity contribution in [3.05, 3.63) is 34.9 Å². The predicted octanol–water partition coefficient (Wildman–Crippen LogP) is 3.76. The van der Waals surface area contributed by atoms with Crippen molar-refractivity contribution in [2.24, 2.45) is 5.92 Å². The van der Waals surface area contributed by atoms with Crippen molar-refractivity contribution in [3.8, 4) is 0 Å². The second-order valence-corrected chi connectivity index (χ2v) is 5.30. The van der Waals surface area contributed by atoms with Crippen molar-refractivity contribution in [3.63, 3.8) is 0 Å². The second-order valence-electron chi connectivity index (χ2n) is 5.30. The van der Waals surface area contributed by atoms with Gasteiger partial charge in [0.1, 0.15) is 11.6 Å². The SMILES string of the molecule is CCNC1CCC(c2c(F)ccc(C)c2F)C1C. The molecule has 0 saturated heterocycles. The maximum Gasteiger partial charge on any atom is 0.132 e. The van der Waals surface area contributed by atoms with E-state index in [1.165, 1.54) is 12.1 Å². The van der Waals surface area contributed by atoms with Gasteiger partial charge < -0.3 is 5.32 Å². The molecule has 0 amide bonds. The van der Waals surface area contributed by atoms with Gasteiger partial charge in [0.2, 0.25) is 0 Å². The fourth-order valence-corrected chi connectivity index (χ4v) is 3.14. The third-order valence-corrected chi connectivity index (χ3v) is 4.21. The fraction of sp³-hybridized carbons (Fsp3) is 0.600. The minimum atomic E-state index is -0.396. The summed E-state index contributed by atoms with van der Waals surface area (Å²) in [4.78, 5) is 0. The van der Waals surface area contributed by atoms with E-state index in [9.17, 15) is 8.78 Å². The maximum atomic E-state index is 14.1. The Morgan fingerprint density at radius 1 is 1.28 bits per heavy atom. The molecule has 3 heteroatoms. The van der Waals surface area contributed by atoms with E-state index in [4.69, 9.17) is 0 Å². The van der Waals surface area contributed by atoms with Crippen LogP contribution in [0.15, 0.2) is 12.1 Å². The standard InChI is InChI=1S/C15H21F2N/c1-4-18-13-8-6-11(10(13)3)14-12(16)7-5-9(2)15(14)17/h5,7,10-11,13,18H,4,6,8H2,1-3H3. The van der Waals surface area contributed by atoms with Gasteiger partial charge in [0, 0.05) is 11.6 Å². The number of halogens is 2. The number of hydrogen-bond donors (Lipinski definition) is 1. The number of benzene rings is 1. The van der Waals surface area contributed by atoms with Gasteiger partial charge in [-0.1, -0.05) is 19.9 Å². The highest BCUT2D eigenvalue weighted by atomic mass is 19.1. The molecule has 1 aliphatic rings. The molecule has 3 unspecified atom stereocenters. The lowest BCUT2D eigenvalue weighted by Gasteiger charge is -2.22. The summed E-state index contributed by atoms with van der Waals surface area (Å²) in [5.74, 6) is -0.485. The average molecular weight is 253 g/mol. The molecule has 1 saturated carbocycles. The van der Waals surface area contributed by atoms with Crippen LogP contribution in [0.1, 0.15) is 43.7 Å². The molecule has 100 valence electrons. The van der Waals surface area contributed by atoms with E-state index in [-0.39, 0.29) is 17.7 Å². The van der Waals surface area contributed by atoms with E-state index in [0.29, 0.717) is 17.2 Å². The monoisotopic (exact) mass is 253 g/mol. The van der Waals surface area contributed by atoms with Crippen molar-refractivity contribution in [2.45, 2.75) is 45.6 Å². The van der Waals surface area contributed by atoms with Gasteiger partial charge in [-0.25, -0.2) is 8.78 Å². The quantitative estimate of drug-likeness (QED) is 0.864. The van der Waals surface area contributed by atoms with Crippen LogP contribution < -0.4 is 5.32 Å². The smallest absolute Gasteiger partial charge is 0.132 e. The van der Waals surface area contributed by atoms with Gasteiger partial charge in [-0.05, 0) is 49.8 Å². The molecule has 0 heterocycles. The van der Waals surface area contributed by atoms with E-state index in [1.54, 1.807) is 6.92 Å². The van der Waals surface area contributed by atoms with Gasteiger partial charge in [0.05, 0.1) is 0 Å². The predicted molar refractivity (Wildman–Crippen MR) is 69.7 cm³/mol. The molecular weight excluding hydrogens is 232 g/mol. The summed E-state index contributed by atoms with van der Waals surface area (Å²) in [5.41, 5.74) is 0.827. The molecule has 18 heavy (non-hydrogen) atoms. The Balaban J connectivity index is 2.31. The van der Waals surface area contributed by atoms with Gasteiger partial charge >= 0.3 is 0 Å². The number of nitrogens with one attached hydrogen (secondary N) is 1. The topological polar surface area (TPSA) is 12.0 Å². The molecule has 1 N–H and O–H groups in total. The van der Waals surface area contributed by atoms with Crippen LogP contribution in [-0.4, -0.2) is 12.6 Å². The van der Waals surface area contributed by atoms with E-state index >= 15 is 0 Å². The summed E-state index contributed by atoms with van der Waals surface area (Å²) in [7, 11) is 0. The Labute approximate surface area is 108 Å². The first kappa shape index (κ1) is 13.5. The molecular formula is C15H21F2N. The normalized spacial score (nSPS) is 27.7. The van der Waals surface area contributed by atoms with Crippen molar-refractivity contribution in [2.75, 3.05) is 6.54 Å². The van der Waals surface area contributed by atoms with E-state index in [2.05, 4.69) is 19.2 Å². The molecule has 1 aromatic carbocycles. The zero-order valence-corrected chi connectivity index (χ0v) is 11.3. The average Bonchev–Trinajstić information content (AvgIpc) is 2.68. The highest BCUT2D eigenvalue weighted by Gasteiger charge is 2.36. The molecule has 0 spiro atoms. The van der Waals surface area contributed by atoms with Crippen molar-refractivity contribution in [1.29, 1.82) is 0 Å². The Bertz CT molecular complexity index is 431. The van der Waals surface area contributed by atoms with Gasteiger partial charge in [0.15, 0.2) is 0 Å². The zero-order valence-electron chi connectivity index (χ0n) is 11.3. The third kappa shape index (κ3) is 2.28. The van der Waals surface area contributed by atoms with Crippen LogP contribution in [0.2, 0.25) is 0 Å². The largest absolute Gasteiger partial charge is 0.314 e. The van der Waals surface area contributed by atoms with Gasteiger partial charge in [-0.3, -0.25) is 0 Å². The fourth-order valence-electron chi connectivity index (χ4n) is 3.14. The summed E-state index contributed by atoms with van der Waals surface area (Å²) in [6.45, 7) is 6.75. The Morgan fingerprint density at radius 3 is 2.67 bits per heavy atom. The molecule has 0 bridgehead atoms. The number of rotatable bonds is 3. The zero-order chi connectivity index (χ0) is 13.3. The van der Waals surface area contributed by atoms with E-state index in [1.807, 2.05) is 0 Å². The summed E-state index contributed by atoms with van der Waals surface area (Å²) in [6.07, 6.45) is 1.85. The molecule has 1 fully saturated rings. The van der Waals surface area contributed by atoms with E-state index < -0.39 is 5.82 Å². The molecule has 2 rings (SSSR count). The van der Waals surface area contributed by atoms with Crippen molar-refractivity contribution in [1.82, 2.24) is 5.32 Å². The Kier molecular flexibility index (Phi) is 4.00. The summed E-state index contributed by atoms with van der Waals surface area (Å²) < 4.78 is 28.0. The maximum absolute atomic E-state index is 14.1. The van der Waals surface area contributed by atoms with Crippen LogP contribution in [0.5, 0.6) is 0 Å². The van der Waals surface area contributed by atoms with Crippen molar-refractivity contribution >= 4 is 0 Å². The molecule has 0 aromatic heterocycles. The first-order chi connectivity index (χ1) is 8.56. The van der Waals surface area contributed by atoms with Crippen molar-refractivity contribution < 1.29 is 8.78 Å². The van der Waals surface area contributed by atoms with Crippen LogP contribution in [0.25, 0.3) is 0 Å². The summed E-state index contributed by atoms with van der Waals surface area (Å²) in [6, 6.07) is 3.27. The second kappa shape index (κ2) is 5.35. The highest BCUT2D eigenvalue weighted by molar-refractivity contribution is 5.31. The molecule has 1 aromatic rings. The van der Waals surface area contributed by atoms with Gasteiger partial charge in [-0.15, -0.1) is 0 Å². The van der Waals surface area contributed by atoms with Gasteiger partial charge in [-0.2, -0.15) is 0 Å². The lowest BCUT2D eigenvalue weighted by Crippen LogP contribution is -2.32. The minimum Gasteiger partial charge on any atom is -0.314 e. The van der Waals surface area contributed by atoms with Crippen LogP contribution >= 0.6 is 0 Å². The van der Waals surface area contributed by atoms with Crippen LogP contribution in [0, 0.1) is 24.5 Å². The molecule has 1 nitrogen and oxygen atoms in total. The van der Waals surface area contributed by atoms with E-state index in [0.717, 1.165) is 19.4 Å². The summed E-state index contributed by atoms with van der Waals surface area (Å²) in [5, 5.41) is 3.40. The molecule has 0 aliphatic heterocycles. The lowest BCUT2D eigenvalue weighted by atomic mass is 9.87. The van der Waals surface area contributed by atoms with Crippen LogP contribution in [0.3, 0.4) is 0 Å². The van der Waals surface area contributed by atoms with Crippen LogP contribution in [-0.2, 0) is 0 Å². The molecule has 1 aliphatic carbocycles. The number of hydrogen-bond acceptors (Lipinski definition) is 1. The Hall–Kier alpha value is -0.960. The van der Waals surface area contributed by atoms with Gasteiger partial charge in [0.25, 0.3) is 0 Å². The first-order valence-electron chi connectivity index (χ1n) is 6.74. The minimum absolute atomic E-state index is 0.00560. The van der Waals surface area contributed by atoms with Crippen LogP contribution in [0.4, 0.5) is 8.78 Å². The highest BCUT2D eigenvalue weighted by Crippen LogP contribution is 2.41. The lowest BCUT2D eigenvalue weighted by molar-refractivity contribution is 0.396.